The summed E-state index contributed by atoms with van der Waals surface area (Å²) in [6, 6.07) is 7.02. The zero-order valence-corrected chi connectivity index (χ0v) is 9.04. The van der Waals surface area contributed by atoms with Crippen molar-refractivity contribution in [2.45, 2.75) is 13.8 Å². The second-order valence-electron chi connectivity index (χ2n) is 3.26. The van der Waals surface area contributed by atoms with Crippen LogP contribution in [0.2, 0.25) is 0 Å². The summed E-state index contributed by atoms with van der Waals surface area (Å²) < 4.78 is 4.70. The smallest absolute Gasteiger partial charge is 0.226 e. The number of carbonyl (C=O) groups excluding carboxylic acids is 1. The van der Waals surface area contributed by atoms with Gasteiger partial charge in [0.2, 0.25) is 5.91 Å². The van der Waals surface area contributed by atoms with E-state index in [-0.39, 0.29) is 11.8 Å². The van der Waals surface area contributed by atoms with E-state index in [4.69, 9.17) is 4.18 Å². The Morgan fingerprint density at radius 1 is 1.36 bits per heavy atom. The van der Waals surface area contributed by atoms with Crippen LogP contribution in [-0.4, -0.2) is 5.91 Å². The summed E-state index contributed by atoms with van der Waals surface area (Å²) in [5.74, 6) is 0.635. The van der Waals surface area contributed by atoms with Crippen LogP contribution in [-0.2, 0) is 4.79 Å². The normalized spacial score (nSPS) is 10.0. The minimum atomic E-state index is -0.0178. The molecule has 0 aliphatic rings. The Labute approximate surface area is 89.1 Å². The van der Waals surface area contributed by atoms with Crippen LogP contribution in [0.25, 0.3) is 0 Å². The van der Waals surface area contributed by atoms with Crippen molar-refractivity contribution < 1.29 is 8.98 Å². The quantitative estimate of drug-likeness (QED) is 0.595. The molecule has 0 saturated carbocycles. The van der Waals surface area contributed by atoms with Crippen molar-refractivity contribution in [2.75, 3.05) is 5.32 Å². The Morgan fingerprint density at radius 3 is 2.36 bits per heavy atom. The van der Waals surface area contributed by atoms with Crippen molar-refractivity contribution in [3.63, 3.8) is 0 Å². The zero-order valence-electron chi connectivity index (χ0n) is 8.15. The van der Waals surface area contributed by atoms with Gasteiger partial charge in [-0.2, -0.15) is 0 Å². The SMILES string of the molecule is CC(C)C(=O)Nc1ccc(OS)cc1. The Morgan fingerprint density at radius 2 is 1.93 bits per heavy atom. The van der Waals surface area contributed by atoms with E-state index in [0.717, 1.165) is 5.69 Å². The van der Waals surface area contributed by atoms with Gasteiger partial charge in [0.15, 0.2) is 0 Å². The highest BCUT2D eigenvalue weighted by Gasteiger charge is 2.06. The molecule has 0 saturated heterocycles. The van der Waals surface area contributed by atoms with E-state index in [1.165, 1.54) is 0 Å². The second kappa shape index (κ2) is 4.91. The summed E-state index contributed by atoms with van der Waals surface area (Å²) in [6.07, 6.45) is 0. The van der Waals surface area contributed by atoms with E-state index in [9.17, 15) is 4.79 Å². The predicted molar refractivity (Wildman–Crippen MR) is 59.5 cm³/mol. The third-order valence-corrected chi connectivity index (χ3v) is 1.96. The van der Waals surface area contributed by atoms with Crippen molar-refractivity contribution >= 4 is 24.5 Å². The first-order valence-electron chi connectivity index (χ1n) is 4.36. The molecular weight excluding hydrogens is 198 g/mol. The van der Waals surface area contributed by atoms with Crippen LogP contribution >= 0.6 is 12.9 Å². The molecule has 1 aromatic carbocycles. The number of amides is 1. The number of rotatable bonds is 3. The molecule has 0 aliphatic heterocycles. The lowest BCUT2D eigenvalue weighted by atomic mass is 10.2. The standard InChI is InChI=1S/C10H13NO2S/c1-7(2)10(12)11-8-3-5-9(13-14)6-4-8/h3-7,14H,1-2H3,(H,11,12). The number of carbonyl (C=O) groups is 1. The van der Waals surface area contributed by atoms with Crippen LogP contribution in [0.15, 0.2) is 24.3 Å². The molecule has 0 radical (unpaired) electrons. The van der Waals surface area contributed by atoms with Crippen LogP contribution in [0.5, 0.6) is 5.75 Å². The molecule has 1 aromatic rings. The van der Waals surface area contributed by atoms with Gasteiger partial charge in [0.05, 0.1) is 0 Å². The van der Waals surface area contributed by atoms with Gasteiger partial charge in [-0.3, -0.25) is 4.79 Å². The summed E-state index contributed by atoms with van der Waals surface area (Å²) in [5, 5.41) is 2.77. The first-order chi connectivity index (χ1) is 6.63. The van der Waals surface area contributed by atoms with Gasteiger partial charge in [-0.1, -0.05) is 13.8 Å². The average molecular weight is 211 g/mol. The summed E-state index contributed by atoms with van der Waals surface area (Å²) in [7, 11) is 0. The zero-order chi connectivity index (χ0) is 10.6. The molecule has 0 aromatic heterocycles. The molecule has 0 spiro atoms. The highest BCUT2D eigenvalue weighted by molar-refractivity contribution is 7.75. The number of nitrogens with one attached hydrogen (secondary N) is 1. The first-order valence-corrected chi connectivity index (χ1v) is 4.72. The van der Waals surface area contributed by atoms with Gasteiger partial charge in [0.25, 0.3) is 0 Å². The molecule has 0 heterocycles. The Kier molecular flexibility index (Phi) is 3.83. The summed E-state index contributed by atoms with van der Waals surface area (Å²) in [4.78, 5) is 11.3. The lowest BCUT2D eigenvalue weighted by molar-refractivity contribution is -0.118. The molecule has 1 rings (SSSR count). The molecule has 0 aliphatic carbocycles. The van der Waals surface area contributed by atoms with Gasteiger partial charge in [0.1, 0.15) is 5.75 Å². The lowest BCUT2D eigenvalue weighted by Crippen LogP contribution is -2.17. The topological polar surface area (TPSA) is 38.3 Å². The van der Waals surface area contributed by atoms with Crippen molar-refractivity contribution in [3.8, 4) is 5.75 Å². The summed E-state index contributed by atoms with van der Waals surface area (Å²) >= 11 is 3.66. The number of benzene rings is 1. The number of hydrogen-bond donors (Lipinski definition) is 2. The predicted octanol–water partition coefficient (Wildman–Crippen LogP) is 2.50. The van der Waals surface area contributed by atoms with Gasteiger partial charge >= 0.3 is 0 Å². The van der Waals surface area contributed by atoms with Crippen LogP contribution in [0.4, 0.5) is 5.69 Å². The van der Waals surface area contributed by atoms with Gasteiger partial charge in [0, 0.05) is 24.5 Å². The van der Waals surface area contributed by atoms with E-state index < -0.39 is 0 Å². The monoisotopic (exact) mass is 211 g/mol. The molecule has 76 valence electrons. The van der Waals surface area contributed by atoms with E-state index in [1.54, 1.807) is 24.3 Å². The highest BCUT2D eigenvalue weighted by Crippen LogP contribution is 2.16. The number of anilines is 1. The second-order valence-corrected chi connectivity index (χ2v) is 3.44. The molecule has 0 atom stereocenters. The van der Waals surface area contributed by atoms with Crippen LogP contribution in [0.3, 0.4) is 0 Å². The van der Waals surface area contributed by atoms with E-state index in [1.807, 2.05) is 13.8 Å². The third kappa shape index (κ3) is 2.96. The fraction of sp³-hybridized carbons (Fsp3) is 0.300. The minimum absolute atomic E-state index is 0.00421. The van der Waals surface area contributed by atoms with Gasteiger partial charge < -0.3 is 9.50 Å². The fourth-order valence-corrected chi connectivity index (χ4v) is 1.01. The first kappa shape index (κ1) is 10.9. The molecule has 1 amide bonds. The Hall–Kier alpha value is -1.16. The molecule has 0 unspecified atom stereocenters. The van der Waals surface area contributed by atoms with E-state index in [2.05, 4.69) is 18.2 Å². The maximum absolute atomic E-state index is 11.3. The largest absolute Gasteiger partial charge is 0.429 e. The van der Waals surface area contributed by atoms with E-state index in [0.29, 0.717) is 5.75 Å². The van der Waals surface area contributed by atoms with Crippen LogP contribution in [0.1, 0.15) is 13.8 Å². The minimum Gasteiger partial charge on any atom is -0.429 e. The molecule has 3 nitrogen and oxygen atoms in total. The van der Waals surface area contributed by atoms with Gasteiger partial charge in [-0.25, -0.2) is 0 Å². The summed E-state index contributed by atoms with van der Waals surface area (Å²) in [6.45, 7) is 3.70. The molecule has 14 heavy (non-hydrogen) atoms. The van der Waals surface area contributed by atoms with E-state index >= 15 is 0 Å². The van der Waals surface area contributed by atoms with Crippen molar-refractivity contribution in [1.29, 1.82) is 0 Å². The van der Waals surface area contributed by atoms with Crippen LogP contribution in [0, 0.1) is 5.92 Å². The van der Waals surface area contributed by atoms with Crippen LogP contribution < -0.4 is 9.50 Å². The number of thiol groups is 1. The Bertz CT molecular complexity index is 308. The maximum Gasteiger partial charge on any atom is 0.226 e. The molecule has 0 fully saturated rings. The van der Waals surface area contributed by atoms with Gasteiger partial charge in [-0.15, -0.1) is 0 Å². The molecular formula is C10H13NO2S. The Balaban J connectivity index is 2.64. The van der Waals surface area contributed by atoms with Crippen molar-refractivity contribution in [3.05, 3.63) is 24.3 Å². The van der Waals surface area contributed by atoms with Crippen molar-refractivity contribution in [2.24, 2.45) is 5.92 Å². The molecule has 1 N–H and O–H groups in total. The van der Waals surface area contributed by atoms with Gasteiger partial charge in [-0.05, 0) is 24.3 Å². The highest BCUT2D eigenvalue weighted by atomic mass is 32.1. The fourth-order valence-electron chi connectivity index (χ4n) is 0.886. The number of hydrogen-bond acceptors (Lipinski definition) is 3. The summed E-state index contributed by atoms with van der Waals surface area (Å²) in [5.41, 5.74) is 0.762. The average Bonchev–Trinajstić information content (AvgIpc) is 2.19. The third-order valence-electron chi connectivity index (χ3n) is 1.75. The lowest BCUT2D eigenvalue weighted by Gasteiger charge is -2.07. The maximum atomic E-state index is 11.3. The van der Waals surface area contributed by atoms with Crippen molar-refractivity contribution in [1.82, 2.24) is 0 Å². The molecule has 0 bridgehead atoms. The molecule has 4 heteroatoms.